The molecule has 0 fully saturated rings. The Bertz CT molecular complexity index is 1160. The highest BCUT2D eigenvalue weighted by molar-refractivity contribution is 7.14. The molecule has 4 aromatic rings. The van der Waals surface area contributed by atoms with Gasteiger partial charge >= 0.3 is 11.8 Å². The Kier molecular flexibility index (Phi) is 4.19. The van der Waals surface area contributed by atoms with Gasteiger partial charge in [0.1, 0.15) is 0 Å². The van der Waals surface area contributed by atoms with Gasteiger partial charge in [-0.05, 0) is 30.3 Å². The number of nitrogens with one attached hydrogen (secondary N) is 3. The van der Waals surface area contributed by atoms with Gasteiger partial charge in [-0.15, -0.1) is 11.3 Å². The standard InChI is InChI=1S/C17H11ClN4O3S/c18-10-2-1-3-11(7-10)19-15(23)22-16-20-13(8-26-16)9-4-5-12-14(6-9)25-17(24)21-12/h1-8H,(H,21,24)(H2,19,20,22,23). The number of amides is 2. The van der Waals surface area contributed by atoms with Gasteiger partial charge in [-0.2, -0.15) is 0 Å². The highest BCUT2D eigenvalue weighted by Gasteiger charge is 2.10. The normalized spacial score (nSPS) is 10.8. The highest BCUT2D eigenvalue weighted by atomic mass is 35.5. The number of urea groups is 1. The van der Waals surface area contributed by atoms with Gasteiger partial charge in [-0.25, -0.2) is 14.6 Å². The first-order valence-corrected chi connectivity index (χ1v) is 8.75. The number of rotatable bonds is 3. The highest BCUT2D eigenvalue weighted by Crippen LogP contribution is 2.27. The summed E-state index contributed by atoms with van der Waals surface area (Å²) in [5, 5.41) is 8.14. The van der Waals surface area contributed by atoms with Crippen LogP contribution in [0.5, 0.6) is 0 Å². The lowest BCUT2D eigenvalue weighted by atomic mass is 10.1. The molecule has 0 aliphatic rings. The van der Waals surface area contributed by atoms with Gasteiger partial charge in [-0.1, -0.05) is 23.7 Å². The van der Waals surface area contributed by atoms with Crippen LogP contribution in [0.2, 0.25) is 5.02 Å². The van der Waals surface area contributed by atoms with E-state index in [0.717, 1.165) is 5.56 Å². The molecule has 4 rings (SSSR count). The maximum Gasteiger partial charge on any atom is 0.417 e. The molecule has 0 aliphatic heterocycles. The molecule has 0 saturated carbocycles. The summed E-state index contributed by atoms with van der Waals surface area (Å²) in [5.41, 5.74) is 3.10. The van der Waals surface area contributed by atoms with Gasteiger partial charge in [-0.3, -0.25) is 10.3 Å². The van der Waals surface area contributed by atoms with Gasteiger partial charge in [0, 0.05) is 21.7 Å². The van der Waals surface area contributed by atoms with Crippen LogP contribution in [0.4, 0.5) is 15.6 Å². The Hall–Kier alpha value is -3.10. The second-order valence-corrected chi connectivity index (χ2v) is 6.65. The largest absolute Gasteiger partial charge is 0.417 e. The number of fused-ring (bicyclic) bond motifs is 1. The third-order valence-corrected chi connectivity index (χ3v) is 4.52. The average molecular weight is 387 g/mol. The summed E-state index contributed by atoms with van der Waals surface area (Å²) in [4.78, 5) is 30.3. The van der Waals surface area contributed by atoms with E-state index in [9.17, 15) is 9.59 Å². The van der Waals surface area contributed by atoms with E-state index in [1.165, 1.54) is 11.3 Å². The SMILES string of the molecule is O=C(Nc1cccc(Cl)c1)Nc1nc(-c2ccc3[nH]c(=O)oc3c2)cs1. The quantitative estimate of drug-likeness (QED) is 0.481. The zero-order valence-electron chi connectivity index (χ0n) is 13.1. The molecule has 26 heavy (non-hydrogen) atoms. The minimum absolute atomic E-state index is 0.416. The number of oxazole rings is 1. The Morgan fingerprint density at radius 1 is 1.19 bits per heavy atom. The predicted molar refractivity (Wildman–Crippen MR) is 102 cm³/mol. The molecule has 0 bridgehead atoms. The van der Waals surface area contributed by atoms with Gasteiger partial charge in [0.2, 0.25) is 0 Å². The number of hydrogen-bond acceptors (Lipinski definition) is 5. The molecule has 2 amide bonds. The van der Waals surface area contributed by atoms with E-state index in [2.05, 4.69) is 20.6 Å². The van der Waals surface area contributed by atoms with E-state index in [4.69, 9.17) is 16.0 Å². The summed E-state index contributed by atoms with van der Waals surface area (Å²) in [6.07, 6.45) is 0. The number of H-pyrrole nitrogens is 1. The monoisotopic (exact) mass is 386 g/mol. The fourth-order valence-corrected chi connectivity index (χ4v) is 3.30. The van der Waals surface area contributed by atoms with Crippen molar-refractivity contribution < 1.29 is 9.21 Å². The zero-order valence-corrected chi connectivity index (χ0v) is 14.6. The van der Waals surface area contributed by atoms with Crippen molar-refractivity contribution in [1.82, 2.24) is 9.97 Å². The van der Waals surface area contributed by atoms with Crippen LogP contribution in [0.1, 0.15) is 0 Å². The van der Waals surface area contributed by atoms with Crippen LogP contribution in [-0.4, -0.2) is 16.0 Å². The number of carbonyl (C=O) groups is 1. The molecular formula is C17H11ClN4O3S. The van der Waals surface area contributed by atoms with Crippen LogP contribution in [0.15, 0.2) is 57.1 Å². The van der Waals surface area contributed by atoms with Crippen molar-refractivity contribution in [3.8, 4) is 11.3 Å². The molecule has 0 atom stereocenters. The molecule has 3 N–H and O–H groups in total. The molecule has 0 spiro atoms. The van der Waals surface area contributed by atoms with Crippen molar-refractivity contribution in [2.75, 3.05) is 10.6 Å². The van der Waals surface area contributed by atoms with Crippen LogP contribution >= 0.6 is 22.9 Å². The first-order chi connectivity index (χ1) is 12.6. The zero-order chi connectivity index (χ0) is 18.1. The van der Waals surface area contributed by atoms with Crippen LogP contribution in [0, 0.1) is 0 Å². The average Bonchev–Trinajstić information content (AvgIpc) is 3.19. The summed E-state index contributed by atoms with van der Waals surface area (Å²) < 4.78 is 5.05. The summed E-state index contributed by atoms with van der Waals surface area (Å²) in [6.45, 7) is 0. The summed E-state index contributed by atoms with van der Waals surface area (Å²) >= 11 is 7.18. The predicted octanol–water partition coefficient (Wildman–Crippen LogP) is 4.54. The number of nitrogens with zero attached hydrogens (tertiary/aromatic N) is 1. The van der Waals surface area contributed by atoms with Crippen molar-refractivity contribution in [3.05, 3.63) is 63.4 Å². The van der Waals surface area contributed by atoms with E-state index in [1.54, 1.807) is 41.8 Å². The maximum atomic E-state index is 12.1. The smallest absolute Gasteiger partial charge is 0.408 e. The van der Waals surface area contributed by atoms with Crippen molar-refractivity contribution in [2.45, 2.75) is 0 Å². The Morgan fingerprint density at radius 2 is 2.08 bits per heavy atom. The summed E-state index contributed by atoms with van der Waals surface area (Å²) in [5.74, 6) is -0.504. The van der Waals surface area contributed by atoms with Crippen molar-refractivity contribution >= 4 is 50.9 Å². The number of carbonyl (C=O) groups excluding carboxylic acids is 1. The van der Waals surface area contributed by atoms with Crippen LogP contribution in [-0.2, 0) is 0 Å². The lowest BCUT2D eigenvalue weighted by molar-refractivity contribution is 0.262. The second-order valence-electron chi connectivity index (χ2n) is 5.35. The number of anilines is 2. The third-order valence-electron chi connectivity index (χ3n) is 3.52. The fraction of sp³-hybridized carbons (Fsp3) is 0. The minimum Gasteiger partial charge on any atom is -0.408 e. The van der Waals surface area contributed by atoms with E-state index >= 15 is 0 Å². The molecular weight excluding hydrogens is 376 g/mol. The Morgan fingerprint density at radius 3 is 2.92 bits per heavy atom. The van der Waals surface area contributed by atoms with Gasteiger partial charge in [0.05, 0.1) is 11.2 Å². The number of thiazole rings is 1. The lowest BCUT2D eigenvalue weighted by Gasteiger charge is -2.05. The first kappa shape index (κ1) is 16.4. The third kappa shape index (κ3) is 3.46. The summed E-state index contributed by atoms with van der Waals surface area (Å²) in [7, 11) is 0. The number of benzene rings is 2. The van der Waals surface area contributed by atoms with Crippen LogP contribution < -0.4 is 16.4 Å². The topological polar surface area (TPSA) is 100 Å². The second kappa shape index (κ2) is 6.66. The molecule has 0 radical (unpaired) electrons. The number of halogens is 1. The molecule has 0 unspecified atom stereocenters. The molecule has 7 nitrogen and oxygen atoms in total. The number of aromatic nitrogens is 2. The molecule has 130 valence electrons. The molecule has 2 heterocycles. The van der Waals surface area contributed by atoms with Gasteiger partial charge in [0.15, 0.2) is 10.7 Å². The molecule has 0 aliphatic carbocycles. The fourth-order valence-electron chi connectivity index (χ4n) is 2.39. The Balaban J connectivity index is 1.49. The van der Waals surface area contributed by atoms with E-state index in [-0.39, 0.29) is 0 Å². The van der Waals surface area contributed by atoms with Crippen molar-refractivity contribution in [2.24, 2.45) is 0 Å². The number of aromatic amines is 1. The molecule has 2 aromatic heterocycles. The van der Waals surface area contributed by atoms with E-state index in [1.807, 2.05) is 6.07 Å². The molecule has 0 saturated heterocycles. The number of hydrogen-bond donors (Lipinski definition) is 3. The van der Waals surface area contributed by atoms with Crippen LogP contribution in [0.25, 0.3) is 22.4 Å². The maximum absolute atomic E-state index is 12.1. The lowest BCUT2D eigenvalue weighted by Crippen LogP contribution is -2.19. The first-order valence-electron chi connectivity index (χ1n) is 7.49. The van der Waals surface area contributed by atoms with Crippen molar-refractivity contribution in [1.29, 1.82) is 0 Å². The Labute approximate surface area is 155 Å². The van der Waals surface area contributed by atoms with Gasteiger partial charge in [0.25, 0.3) is 0 Å². The van der Waals surface area contributed by atoms with E-state index < -0.39 is 11.8 Å². The molecule has 9 heteroatoms. The van der Waals surface area contributed by atoms with E-state index in [0.29, 0.717) is 32.6 Å². The van der Waals surface area contributed by atoms with Gasteiger partial charge < -0.3 is 9.73 Å². The van der Waals surface area contributed by atoms with Crippen LogP contribution in [0.3, 0.4) is 0 Å². The van der Waals surface area contributed by atoms with Crippen molar-refractivity contribution in [3.63, 3.8) is 0 Å². The minimum atomic E-state index is -0.504. The summed E-state index contributed by atoms with van der Waals surface area (Å²) in [6, 6.07) is 11.7. The molecule has 2 aromatic carbocycles.